The van der Waals surface area contributed by atoms with Crippen LogP contribution in [0.5, 0.6) is 11.5 Å². The Labute approximate surface area is 222 Å². The summed E-state index contributed by atoms with van der Waals surface area (Å²) >= 11 is 6.22. The molecule has 0 radical (unpaired) electrons. The van der Waals surface area contributed by atoms with Gasteiger partial charge in [0.2, 0.25) is 5.91 Å². The number of ether oxygens (including phenoxy) is 3. The number of amides is 2. The van der Waals surface area contributed by atoms with Gasteiger partial charge in [0.1, 0.15) is 17.5 Å². The minimum absolute atomic E-state index is 0.0188. The number of rotatable bonds is 11. The summed E-state index contributed by atoms with van der Waals surface area (Å²) in [7, 11) is 1.60. The smallest absolute Gasteiger partial charge is 0.261 e. The molecule has 1 heterocycles. The Hall–Kier alpha value is -3.55. The number of halogens is 1. The van der Waals surface area contributed by atoms with E-state index in [0.29, 0.717) is 35.2 Å². The maximum Gasteiger partial charge on any atom is 0.261 e. The number of benzene rings is 3. The normalized spacial score (nSPS) is 15.6. The Morgan fingerprint density at radius 1 is 1.05 bits per heavy atom. The van der Waals surface area contributed by atoms with Crippen LogP contribution in [-0.2, 0) is 20.9 Å². The topological polar surface area (TPSA) is 77.1 Å². The monoisotopic (exact) mass is 522 g/mol. The van der Waals surface area contributed by atoms with Gasteiger partial charge in [-0.1, -0.05) is 66.2 Å². The minimum atomic E-state index is -0.868. The number of nitrogens with one attached hydrogen (secondary N) is 1. The number of nitrogens with zero attached hydrogens (tertiary/aromatic N) is 1. The SMILES string of the molecule is COc1ccc(CN(C(=O)COc2ccccc2Cl)[C@H](C(=O)NC[C@H]2CCCO2)c2ccccc2)cc1. The molecule has 7 nitrogen and oxygen atoms in total. The number of methoxy groups -OCH3 is 1. The molecule has 2 atom stereocenters. The van der Waals surface area contributed by atoms with Gasteiger partial charge in [-0.25, -0.2) is 0 Å². The van der Waals surface area contributed by atoms with Crippen molar-refractivity contribution in [2.24, 2.45) is 0 Å². The molecule has 1 saturated heterocycles. The fourth-order valence-electron chi connectivity index (χ4n) is 4.26. The molecule has 1 fully saturated rings. The fourth-order valence-corrected chi connectivity index (χ4v) is 4.45. The molecule has 0 spiro atoms. The summed E-state index contributed by atoms with van der Waals surface area (Å²) in [6, 6.07) is 22.8. The van der Waals surface area contributed by atoms with Crippen molar-refractivity contribution in [3.63, 3.8) is 0 Å². The molecule has 1 aliphatic heterocycles. The van der Waals surface area contributed by atoms with Crippen LogP contribution in [0.25, 0.3) is 0 Å². The Morgan fingerprint density at radius 3 is 2.46 bits per heavy atom. The highest BCUT2D eigenvalue weighted by Gasteiger charge is 2.32. The van der Waals surface area contributed by atoms with Crippen LogP contribution in [0.2, 0.25) is 5.02 Å². The predicted octanol–water partition coefficient (Wildman–Crippen LogP) is 4.79. The van der Waals surface area contributed by atoms with Gasteiger partial charge in [0.25, 0.3) is 5.91 Å². The van der Waals surface area contributed by atoms with Crippen molar-refractivity contribution in [1.29, 1.82) is 0 Å². The van der Waals surface area contributed by atoms with E-state index in [1.165, 1.54) is 0 Å². The first-order valence-corrected chi connectivity index (χ1v) is 12.7. The zero-order chi connectivity index (χ0) is 26.0. The van der Waals surface area contributed by atoms with Gasteiger partial charge in [0.15, 0.2) is 6.61 Å². The van der Waals surface area contributed by atoms with Gasteiger partial charge in [0, 0.05) is 19.7 Å². The molecule has 0 bridgehead atoms. The molecule has 0 unspecified atom stereocenters. The third-order valence-electron chi connectivity index (χ3n) is 6.22. The molecule has 4 rings (SSSR count). The van der Waals surface area contributed by atoms with E-state index in [9.17, 15) is 9.59 Å². The van der Waals surface area contributed by atoms with Crippen LogP contribution in [0.15, 0.2) is 78.9 Å². The highest BCUT2D eigenvalue weighted by molar-refractivity contribution is 6.32. The average molecular weight is 523 g/mol. The molecule has 0 saturated carbocycles. The molecular weight excluding hydrogens is 492 g/mol. The lowest BCUT2D eigenvalue weighted by Gasteiger charge is -2.32. The second-order valence-corrected chi connectivity index (χ2v) is 9.19. The van der Waals surface area contributed by atoms with Crippen LogP contribution >= 0.6 is 11.6 Å². The number of hydrogen-bond acceptors (Lipinski definition) is 5. The van der Waals surface area contributed by atoms with Crippen LogP contribution in [0, 0.1) is 0 Å². The molecular formula is C29H31ClN2O5. The first-order valence-electron chi connectivity index (χ1n) is 12.3. The second kappa shape index (κ2) is 13.1. The van der Waals surface area contributed by atoms with Gasteiger partial charge in [0.05, 0.1) is 18.2 Å². The van der Waals surface area contributed by atoms with Gasteiger partial charge in [-0.3, -0.25) is 9.59 Å². The summed E-state index contributed by atoms with van der Waals surface area (Å²) in [4.78, 5) is 28.8. The maximum atomic E-state index is 13.7. The molecule has 1 N–H and O–H groups in total. The lowest BCUT2D eigenvalue weighted by atomic mass is 10.0. The van der Waals surface area contributed by atoms with Crippen LogP contribution in [-0.4, -0.2) is 49.7 Å². The van der Waals surface area contributed by atoms with Crippen LogP contribution in [0.1, 0.15) is 30.0 Å². The zero-order valence-corrected chi connectivity index (χ0v) is 21.5. The molecule has 37 heavy (non-hydrogen) atoms. The third kappa shape index (κ3) is 7.24. The zero-order valence-electron chi connectivity index (χ0n) is 20.8. The number of carbonyl (C=O) groups is 2. The summed E-state index contributed by atoms with van der Waals surface area (Å²) in [6.07, 6.45) is 1.86. The van der Waals surface area contributed by atoms with E-state index in [0.717, 1.165) is 18.4 Å². The van der Waals surface area contributed by atoms with Gasteiger partial charge in [-0.05, 0) is 48.2 Å². The minimum Gasteiger partial charge on any atom is -0.497 e. The number of para-hydroxylation sites is 1. The lowest BCUT2D eigenvalue weighted by Crippen LogP contribution is -2.46. The first kappa shape index (κ1) is 26.5. The average Bonchev–Trinajstić information content (AvgIpc) is 3.46. The lowest BCUT2D eigenvalue weighted by molar-refractivity contribution is -0.143. The van der Waals surface area contributed by atoms with Crippen molar-refractivity contribution in [2.75, 3.05) is 26.9 Å². The summed E-state index contributed by atoms with van der Waals surface area (Å²) in [6.45, 7) is 1.01. The van der Waals surface area contributed by atoms with Crippen LogP contribution in [0.3, 0.4) is 0 Å². The van der Waals surface area contributed by atoms with E-state index in [4.69, 9.17) is 25.8 Å². The summed E-state index contributed by atoms with van der Waals surface area (Å²) < 4.78 is 16.7. The quantitative estimate of drug-likeness (QED) is 0.392. The van der Waals surface area contributed by atoms with Gasteiger partial charge < -0.3 is 24.4 Å². The van der Waals surface area contributed by atoms with Crippen LogP contribution < -0.4 is 14.8 Å². The second-order valence-electron chi connectivity index (χ2n) is 8.78. The molecule has 194 valence electrons. The van der Waals surface area contributed by atoms with Crippen LogP contribution in [0.4, 0.5) is 0 Å². The van der Waals surface area contributed by atoms with Gasteiger partial charge in [-0.15, -0.1) is 0 Å². The third-order valence-corrected chi connectivity index (χ3v) is 6.54. The van der Waals surface area contributed by atoms with Crippen molar-refractivity contribution in [2.45, 2.75) is 31.5 Å². The molecule has 3 aromatic carbocycles. The molecule has 0 aliphatic carbocycles. The van der Waals surface area contributed by atoms with E-state index in [1.807, 2.05) is 54.6 Å². The Morgan fingerprint density at radius 2 is 1.78 bits per heavy atom. The molecule has 1 aliphatic rings. The van der Waals surface area contributed by atoms with E-state index < -0.39 is 6.04 Å². The summed E-state index contributed by atoms with van der Waals surface area (Å²) in [5.74, 6) is 0.483. The summed E-state index contributed by atoms with van der Waals surface area (Å²) in [5.41, 5.74) is 1.55. The van der Waals surface area contributed by atoms with E-state index in [-0.39, 0.29) is 31.1 Å². The van der Waals surface area contributed by atoms with Crippen molar-refractivity contribution in [3.8, 4) is 11.5 Å². The highest BCUT2D eigenvalue weighted by atomic mass is 35.5. The predicted molar refractivity (Wildman–Crippen MR) is 142 cm³/mol. The number of carbonyl (C=O) groups excluding carboxylic acids is 2. The van der Waals surface area contributed by atoms with E-state index >= 15 is 0 Å². The van der Waals surface area contributed by atoms with Crippen molar-refractivity contribution in [3.05, 3.63) is 95.0 Å². The van der Waals surface area contributed by atoms with Crippen molar-refractivity contribution < 1.29 is 23.8 Å². The van der Waals surface area contributed by atoms with E-state index in [2.05, 4.69) is 5.32 Å². The fraction of sp³-hybridized carbons (Fsp3) is 0.310. The Balaban J connectivity index is 1.61. The number of hydrogen-bond donors (Lipinski definition) is 1. The Bertz CT molecular complexity index is 1170. The van der Waals surface area contributed by atoms with Crippen molar-refractivity contribution >= 4 is 23.4 Å². The largest absolute Gasteiger partial charge is 0.497 e. The van der Waals surface area contributed by atoms with Crippen molar-refractivity contribution in [1.82, 2.24) is 10.2 Å². The highest BCUT2D eigenvalue weighted by Crippen LogP contribution is 2.27. The molecule has 0 aromatic heterocycles. The van der Waals surface area contributed by atoms with Gasteiger partial charge >= 0.3 is 0 Å². The first-order chi connectivity index (χ1) is 18.0. The molecule has 2 amide bonds. The Kier molecular flexibility index (Phi) is 9.40. The van der Waals surface area contributed by atoms with Gasteiger partial charge in [-0.2, -0.15) is 0 Å². The van der Waals surface area contributed by atoms with E-state index in [1.54, 1.807) is 36.3 Å². The molecule has 8 heteroatoms. The summed E-state index contributed by atoms with van der Waals surface area (Å²) in [5, 5.41) is 3.41. The standard InChI is InChI=1S/C29H31ClN2O5/c1-35-23-15-13-21(14-16-23)19-32(27(33)20-37-26-12-6-5-11-25(26)30)28(22-8-3-2-4-9-22)29(34)31-18-24-10-7-17-36-24/h2-6,8-9,11-16,24,28H,7,10,17-20H2,1H3,(H,31,34)/t24-,28+/m1/s1. The molecule has 3 aromatic rings. The maximum absolute atomic E-state index is 13.7.